The number of aliphatic carboxylic acids is 3. The lowest BCUT2D eigenvalue weighted by Gasteiger charge is -2.36. The summed E-state index contributed by atoms with van der Waals surface area (Å²) in [6.45, 7) is 15.1. The Hall–Kier alpha value is -11.5. The highest BCUT2D eigenvalue weighted by molar-refractivity contribution is 5.72. The van der Waals surface area contributed by atoms with Crippen molar-refractivity contribution in [2.75, 3.05) is 68.7 Å². The van der Waals surface area contributed by atoms with E-state index in [4.69, 9.17) is 0 Å². The van der Waals surface area contributed by atoms with E-state index >= 15 is 0 Å². The summed E-state index contributed by atoms with van der Waals surface area (Å²) in [6, 6.07) is 15.7. The zero-order valence-electron chi connectivity index (χ0n) is 75.9. The van der Waals surface area contributed by atoms with Crippen molar-refractivity contribution in [3.63, 3.8) is 0 Å². The fraction of sp³-hybridized carbons (Fsp3) is 0.548. The molecule has 0 spiro atoms. The summed E-state index contributed by atoms with van der Waals surface area (Å²) in [7, 11) is 4.62. The number of hydrogen-bond donors (Lipinski definition) is 3. The summed E-state index contributed by atoms with van der Waals surface area (Å²) in [5.41, 5.74) is 2.68. The molecule has 24 nitrogen and oxygen atoms in total. The molecule has 732 valence electrons. The predicted molar refractivity (Wildman–Crippen MR) is 464 cm³/mol. The van der Waals surface area contributed by atoms with Gasteiger partial charge in [-0.3, -0.25) is 14.4 Å². The fourth-order valence-electron chi connectivity index (χ4n) is 20.5. The quantitative estimate of drug-likeness (QED) is 0.0565. The summed E-state index contributed by atoms with van der Waals surface area (Å²) < 4.78 is 247. The molecule has 9 aromatic rings. The first kappa shape index (κ1) is 101. The number of rotatable bonds is 21. The van der Waals surface area contributed by atoms with Gasteiger partial charge >= 0.3 is 55.0 Å². The van der Waals surface area contributed by atoms with Crippen molar-refractivity contribution in [2.45, 2.75) is 232 Å². The van der Waals surface area contributed by atoms with Crippen LogP contribution in [0.3, 0.4) is 0 Å². The molecular weight excluding hydrogens is 1810 g/mol. The van der Waals surface area contributed by atoms with Crippen molar-refractivity contribution in [1.29, 1.82) is 0 Å². The number of nitrogens with zero attached hydrogens (tertiary/aromatic N) is 18. The van der Waals surface area contributed by atoms with Gasteiger partial charge in [0.05, 0.1) is 90.4 Å². The molecule has 3 atom stereocenters. The van der Waals surface area contributed by atoms with Crippen molar-refractivity contribution < 1.29 is 109 Å². The summed E-state index contributed by atoms with van der Waals surface area (Å²) >= 11 is 0. The third-order valence-electron chi connectivity index (χ3n) is 26.6. The number of carbonyl (C=O) groups is 3. The molecule has 0 unspecified atom stereocenters. The molecule has 3 saturated carbocycles. The Labute approximate surface area is 767 Å². The molecule has 0 saturated heterocycles. The second-order valence-electron chi connectivity index (χ2n) is 36.9. The standard InChI is InChI=1S/3C31H36F6N6O2/c3*1-18-11-19(2)27-25(12-18)26(5-4-10-42(27)16-20-6-8-22(9-7-20)28(44)45)43(29-38-40-41(3)39-29)17-21-13-23(30(32,33)34)15-24(14-21)31(35,36)37/h3*11-15,20,22,26H,4-10,16-17H2,1-3H3,(H,44,45)/t3*20?,22?,26-/m000/s1. The average molecular weight is 1920 g/mol. The van der Waals surface area contributed by atoms with Crippen LogP contribution >= 0.6 is 0 Å². The van der Waals surface area contributed by atoms with E-state index in [1.807, 2.05) is 59.7 Å². The molecule has 135 heavy (non-hydrogen) atoms. The van der Waals surface area contributed by atoms with Crippen LogP contribution in [0.25, 0.3) is 0 Å². The number of aromatic nitrogens is 12. The lowest BCUT2D eigenvalue weighted by Crippen LogP contribution is -2.34. The maximum Gasteiger partial charge on any atom is 0.416 e. The van der Waals surface area contributed by atoms with Gasteiger partial charge in [-0.25, -0.2) is 0 Å². The van der Waals surface area contributed by atoms with Gasteiger partial charge in [-0.1, -0.05) is 68.4 Å². The minimum absolute atomic E-state index is 0.0963. The Morgan fingerprint density at radius 3 is 0.719 bits per heavy atom. The number of tetrazole rings is 3. The third kappa shape index (κ3) is 24.8. The highest BCUT2D eigenvalue weighted by Crippen LogP contribution is 2.50. The normalized spacial score (nSPS) is 20.9. The van der Waals surface area contributed by atoms with Gasteiger partial charge in [0.1, 0.15) is 0 Å². The molecule has 3 fully saturated rings. The molecule has 3 aromatic heterocycles. The Bertz CT molecular complexity index is 5030. The molecule has 15 rings (SSSR count). The first-order valence-electron chi connectivity index (χ1n) is 44.9. The highest BCUT2D eigenvalue weighted by Gasteiger charge is 2.45. The van der Waals surface area contributed by atoms with E-state index < -0.39 is 106 Å². The maximum absolute atomic E-state index is 13.7. The highest BCUT2D eigenvalue weighted by atomic mass is 19.4. The molecular formula is C93H108F18N18O6. The van der Waals surface area contributed by atoms with Gasteiger partial charge in [-0.05, 0) is 295 Å². The number of aryl methyl sites for hydroxylation is 9. The van der Waals surface area contributed by atoms with Crippen LogP contribution < -0.4 is 29.4 Å². The van der Waals surface area contributed by atoms with E-state index in [0.717, 1.165) is 162 Å². The number of alkyl halides is 18. The molecule has 6 heterocycles. The Morgan fingerprint density at radius 2 is 0.533 bits per heavy atom. The zero-order valence-corrected chi connectivity index (χ0v) is 75.9. The van der Waals surface area contributed by atoms with Crippen LogP contribution in [0.5, 0.6) is 0 Å². The molecule has 0 bridgehead atoms. The SMILES string of the molecule is Cc1cc(C)c2c(c1)[C@@H](N(Cc1cc(C(F)(F)F)cc(C(F)(F)F)c1)c1nnn(C)n1)CCCN2CC1CCC(C(=O)O)CC1.Cc1cc(C)c2c(c1)[C@@H](N(Cc1cc(C(F)(F)F)cc(C(F)(F)F)c1)c1nnn(C)n1)CCCN2CC1CCC(C(=O)O)CC1.Cc1cc(C)c2c(c1)[C@@H](N(Cc1cc(C(F)(F)F)cc(C(F)(F)F)c1)c1nnn(C)n1)CCCN2CC1CCC(C(=O)O)CC1. The van der Waals surface area contributed by atoms with E-state index in [0.29, 0.717) is 114 Å². The van der Waals surface area contributed by atoms with Gasteiger partial charge in [-0.2, -0.15) is 93.4 Å². The number of fused-ring (bicyclic) bond motifs is 3. The van der Waals surface area contributed by atoms with Crippen LogP contribution in [0.15, 0.2) is 91.0 Å². The predicted octanol–water partition coefficient (Wildman–Crippen LogP) is 21.3. The number of carboxylic acids is 3. The Morgan fingerprint density at radius 1 is 0.319 bits per heavy atom. The molecule has 6 aliphatic rings. The van der Waals surface area contributed by atoms with E-state index in [1.165, 1.54) is 35.5 Å². The molecule has 3 aliphatic heterocycles. The lowest BCUT2D eigenvalue weighted by molar-refractivity contribution is -0.144. The average Bonchev–Trinajstić information content (AvgIpc) is 1.70. The van der Waals surface area contributed by atoms with Crippen LogP contribution in [0.1, 0.15) is 234 Å². The fourth-order valence-corrected chi connectivity index (χ4v) is 20.5. The van der Waals surface area contributed by atoms with Crippen molar-refractivity contribution >= 4 is 52.8 Å². The van der Waals surface area contributed by atoms with Crippen LogP contribution in [0.4, 0.5) is 114 Å². The summed E-state index contributed by atoms with van der Waals surface area (Å²) in [6.07, 6.45) is -17.6. The van der Waals surface area contributed by atoms with Gasteiger partial charge in [0.2, 0.25) is 0 Å². The molecule has 42 heteroatoms. The van der Waals surface area contributed by atoms with E-state index in [1.54, 1.807) is 14.7 Å². The number of carboxylic acid groups (broad SMARTS) is 3. The molecule has 0 radical (unpaired) electrons. The topological polar surface area (TPSA) is 262 Å². The molecule has 0 amide bonds. The monoisotopic (exact) mass is 1910 g/mol. The molecule has 3 aliphatic carbocycles. The number of halogens is 18. The van der Waals surface area contributed by atoms with Gasteiger partial charge in [-0.15, -0.1) is 15.3 Å². The second-order valence-corrected chi connectivity index (χ2v) is 36.9. The largest absolute Gasteiger partial charge is 0.481 e. The van der Waals surface area contributed by atoms with Gasteiger partial charge < -0.3 is 44.7 Å². The van der Waals surface area contributed by atoms with Crippen molar-refractivity contribution in [3.8, 4) is 0 Å². The van der Waals surface area contributed by atoms with E-state index in [9.17, 15) is 109 Å². The zero-order chi connectivity index (χ0) is 98.0. The van der Waals surface area contributed by atoms with Crippen LogP contribution in [0, 0.1) is 77.0 Å². The Kier molecular flexibility index (Phi) is 30.5. The van der Waals surface area contributed by atoms with Crippen LogP contribution in [0.2, 0.25) is 0 Å². The number of benzene rings is 6. The van der Waals surface area contributed by atoms with Crippen molar-refractivity contribution in [3.05, 3.63) is 191 Å². The van der Waals surface area contributed by atoms with Crippen molar-refractivity contribution in [1.82, 2.24) is 60.6 Å². The van der Waals surface area contributed by atoms with Crippen LogP contribution in [-0.2, 0) is 92.2 Å². The summed E-state index contributed by atoms with van der Waals surface area (Å²) in [4.78, 5) is 49.9. The number of hydrogen-bond acceptors (Lipinski definition) is 18. The van der Waals surface area contributed by atoms with Crippen LogP contribution in [-0.4, -0.2) is 133 Å². The molecule has 6 aromatic carbocycles. The first-order valence-corrected chi connectivity index (χ1v) is 44.9. The van der Waals surface area contributed by atoms with Gasteiger partial charge in [0, 0.05) is 76.0 Å². The van der Waals surface area contributed by atoms with Gasteiger partial charge in [0.25, 0.3) is 17.8 Å². The second kappa shape index (κ2) is 40.8. The Balaban J connectivity index is 0.000000171. The lowest BCUT2D eigenvalue weighted by atomic mass is 9.81. The minimum atomic E-state index is -4.97. The van der Waals surface area contributed by atoms with E-state index in [-0.39, 0.29) is 90.1 Å². The maximum atomic E-state index is 13.7. The first-order chi connectivity index (χ1) is 63.3. The smallest absolute Gasteiger partial charge is 0.416 e. The minimum Gasteiger partial charge on any atom is -0.481 e. The van der Waals surface area contributed by atoms with Gasteiger partial charge in [0.15, 0.2) is 0 Å². The van der Waals surface area contributed by atoms with E-state index in [2.05, 4.69) is 79.1 Å². The number of anilines is 6. The third-order valence-corrected chi connectivity index (χ3v) is 26.6. The molecule has 3 N–H and O–H groups in total. The summed E-state index contributed by atoms with van der Waals surface area (Å²) in [5.74, 6) is -2.07. The summed E-state index contributed by atoms with van der Waals surface area (Å²) in [5, 5.41) is 65.4. The van der Waals surface area contributed by atoms with Crippen molar-refractivity contribution in [2.24, 2.45) is 56.7 Å².